The molecule has 0 spiro atoms. The summed E-state index contributed by atoms with van der Waals surface area (Å²) in [5.74, 6) is -1.05. The molecule has 1 aromatic heterocycles. The van der Waals surface area contributed by atoms with Crippen molar-refractivity contribution in [2.24, 2.45) is 0 Å². The van der Waals surface area contributed by atoms with Gasteiger partial charge in [0.05, 0.1) is 11.4 Å². The summed E-state index contributed by atoms with van der Waals surface area (Å²) in [5, 5.41) is 0.333. The number of hydrogen-bond donors (Lipinski definition) is 0. The third-order valence-electron chi connectivity index (χ3n) is 4.74. The van der Waals surface area contributed by atoms with Crippen LogP contribution in [0.3, 0.4) is 0 Å². The number of aryl methyl sites for hydroxylation is 1. The second-order valence-corrected chi connectivity index (χ2v) is 8.51. The molecule has 0 bridgehead atoms. The molecule has 30 heavy (non-hydrogen) atoms. The highest BCUT2D eigenvalue weighted by molar-refractivity contribution is 8.18. The van der Waals surface area contributed by atoms with Crippen molar-refractivity contribution in [1.29, 1.82) is 0 Å². The van der Waals surface area contributed by atoms with E-state index in [4.69, 9.17) is 23.2 Å². The Morgan fingerprint density at radius 3 is 2.60 bits per heavy atom. The van der Waals surface area contributed by atoms with E-state index in [0.29, 0.717) is 10.7 Å². The van der Waals surface area contributed by atoms with E-state index in [1.165, 1.54) is 18.2 Å². The zero-order valence-corrected chi connectivity index (χ0v) is 18.1. The van der Waals surface area contributed by atoms with Gasteiger partial charge in [-0.1, -0.05) is 35.3 Å². The van der Waals surface area contributed by atoms with Crippen molar-refractivity contribution in [3.05, 3.63) is 92.3 Å². The van der Waals surface area contributed by atoms with Crippen LogP contribution < -0.4 is 0 Å². The largest absolute Gasteiger partial charge is 0.317 e. The maximum atomic E-state index is 14.1. The molecule has 0 unspecified atom stereocenters. The number of carbonyl (C=O) groups excluding carboxylic acids is 2. The Bertz CT molecular complexity index is 1190. The average Bonchev–Trinajstić information content (AvgIpc) is 3.26. The minimum Gasteiger partial charge on any atom is -0.317 e. The number of rotatable bonds is 4. The predicted octanol–water partition coefficient (Wildman–Crippen LogP) is 6.47. The van der Waals surface area contributed by atoms with Crippen LogP contribution in [0.1, 0.15) is 16.8 Å². The van der Waals surface area contributed by atoms with E-state index in [9.17, 15) is 14.0 Å². The molecule has 1 aliphatic rings. The zero-order valence-electron chi connectivity index (χ0n) is 15.7. The van der Waals surface area contributed by atoms with Gasteiger partial charge in [0.1, 0.15) is 5.82 Å². The summed E-state index contributed by atoms with van der Waals surface area (Å²) in [5.41, 5.74) is 2.62. The van der Waals surface area contributed by atoms with Gasteiger partial charge < -0.3 is 4.57 Å². The average molecular weight is 461 g/mol. The van der Waals surface area contributed by atoms with Gasteiger partial charge in [-0.15, -0.1) is 0 Å². The van der Waals surface area contributed by atoms with Crippen molar-refractivity contribution >= 4 is 52.2 Å². The van der Waals surface area contributed by atoms with Crippen molar-refractivity contribution in [2.75, 3.05) is 0 Å². The Balaban J connectivity index is 1.63. The first-order valence-electron chi connectivity index (χ1n) is 8.97. The van der Waals surface area contributed by atoms with Gasteiger partial charge in [0.15, 0.2) is 0 Å². The highest BCUT2D eigenvalue weighted by Crippen LogP contribution is 2.35. The lowest BCUT2D eigenvalue weighted by molar-refractivity contribution is -0.123. The molecular weight excluding hydrogens is 446 g/mol. The maximum absolute atomic E-state index is 14.1. The number of benzene rings is 2. The molecule has 152 valence electrons. The van der Waals surface area contributed by atoms with Gasteiger partial charge >= 0.3 is 0 Å². The molecule has 4 nitrogen and oxygen atoms in total. The first-order valence-corrected chi connectivity index (χ1v) is 10.5. The molecule has 3 aromatic rings. The topological polar surface area (TPSA) is 42.3 Å². The number of aromatic nitrogens is 1. The van der Waals surface area contributed by atoms with Crippen LogP contribution in [-0.4, -0.2) is 20.6 Å². The fraction of sp³-hybridized carbons (Fsp3) is 0.0909. The summed E-state index contributed by atoms with van der Waals surface area (Å²) in [6.45, 7) is 1.70. The minimum absolute atomic E-state index is 0.111. The van der Waals surface area contributed by atoms with Gasteiger partial charge in [-0.3, -0.25) is 14.5 Å². The molecule has 0 N–H and O–H groups in total. The zero-order chi connectivity index (χ0) is 21.4. The lowest BCUT2D eigenvalue weighted by atomic mass is 10.2. The second kappa shape index (κ2) is 8.30. The number of amides is 2. The first kappa shape index (κ1) is 20.7. The van der Waals surface area contributed by atoms with Crippen LogP contribution in [0.25, 0.3) is 11.8 Å². The predicted molar refractivity (Wildman–Crippen MR) is 118 cm³/mol. The van der Waals surface area contributed by atoms with Crippen molar-refractivity contribution in [3.63, 3.8) is 0 Å². The normalized spacial score (nSPS) is 15.5. The van der Waals surface area contributed by atoms with Crippen LogP contribution in [0.5, 0.6) is 0 Å². The summed E-state index contributed by atoms with van der Waals surface area (Å²) in [6.07, 6.45) is 3.48. The maximum Gasteiger partial charge on any atom is 0.293 e. The second-order valence-electron chi connectivity index (χ2n) is 6.70. The standard InChI is InChI=1S/C22H15Cl2FN2O2S/c1-13-7-8-15(10-18(13)24)26-9-3-4-14(26)11-20-21(28)27(22(29)30-20)12-16-17(23)5-2-6-19(16)25/h2-11H,12H2,1H3/b20-11-. The number of carbonyl (C=O) groups is 2. The Morgan fingerprint density at radius 2 is 1.87 bits per heavy atom. The van der Waals surface area contributed by atoms with Crippen molar-refractivity contribution in [1.82, 2.24) is 9.47 Å². The van der Waals surface area contributed by atoms with Crippen LogP contribution in [0.15, 0.2) is 59.6 Å². The van der Waals surface area contributed by atoms with Gasteiger partial charge in [-0.05, 0) is 66.7 Å². The summed E-state index contributed by atoms with van der Waals surface area (Å²) < 4.78 is 16.0. The third kappa shape index (κ3) is 3.90. The lowest BCUT2D eigenvalue weighted by Gasteiger charge is -2.14. The highest BCUT2D eigenvalue weighted by atomic mass is 35.5. The molecule has 1 saturated heterocycles. The summed E-state index contributed by atoms with van der Waals surface area (Å²) in [7, 11) is 0. The molecule has 2 amide bonds. The van der Waals surface area contributed by atoms with E-state index in [0.717, 1.165) is 27.9 Å². The minimum atomic E-state index is -0.560. The molecule has 0 aliphatic carbocycles. The smallest absolute Gasteiger partial charge is 0.293 e. The highest BCUT2D eigenvalue weighted by Gasteiger charge is 2.36. The molecular formula is C22H15Cl2FN2O2S. The van der Waals surface area contributed by atoms with Crippen LogP contribution in [-0.2, 0) is 11.3 Å². The number of imide groups is 1. The molecule has 8 heteroatoms. The van der Waals surface area contributed by atoms with Gasteiger partial charge in [0.2, 0.25) is 0 Å². The van der Waals surface area contributed by atoms with E-state index in [2.05, 4.69) is 0 Å². The van der Waals surface area contributed by atoms with Crippen LogP contribution in [0.4, 0.5) is 9.18 Å². The Morgan fingerprint density at radius 1 is 1.07 bits per heavy atom. The van der Waals surface area contributed by atoms with E-state index >= 15 is 0 Å². The van der Waals surface area contributed by atoms with Crippen molar-refractivity contribution < 1.29 is 14.0 Å². The molecule has 0 saturated carbocycles. The van der Waals surface area contributed by atoms with Gasteiger partial charge in [0, 0.05) is 33.2 Å². The number of hydrogen-bond acceptors (Lipinski definition) is 3. The Labute approximate surface area is 186 Å². The van der Waals surface area contributed by atoms with E-state index in [1.807, 2.05) is 48.0 Å². The van der Waals surface area contributed by atoms with Gasteiger partial charge in [-0.25, -0.2) is 4.39 Å². The monoisotopic (exact) mass is 460 g/mol. The lowest BCUT2D eigenvalue weighted by Crippen LogP contribution is -2.28. The summed E-state index contributed by atoms with van der Waals surface area (Å²) >= 11 is 13.1. The van der Waals surface area contributed by atoms with Crippen LogP contribution in [0, 0.1) is 12.7 Å². The molecule has 1 fully saturated rings. The van der Waals surface area contributed by atoms with Crippen LogP contribution in [0.2, 0.25) is 10.0 Å². The van der Waals surface area contributed by atoms with E-state index in [-0.39, 0.29) is 22.0 Å². The molecule has 0 atom stereocenters. The fourth-order valence-electron chi connectivity index (χ4n) is 3.09. The molecule has 4 rings (SSSR count). The van der Waals surface area contributed by atoms with Gasteiger partial charge in [-0.2, -0.15) is 0 Å². The first-order chi connectivity index (χ1) is 14.3. The van der Waals surface area contributed by atoms with Gasteiger partial charge in [0.25, 0.3) is 11.1 Å². The van der Waals surface area contributed by atoms with E-state index < -0.39 is 17.0 Å². The number of thioether (sulfide) groups is 1. The van der Waals surface area contributed by atoms with Crippen LogP contribution >= 0.6 is 35.0 Å². The van der Waals surface area contributed by atoms with E-state index in [1.54, 1.807) is 6.08 Å². The molecule has 2 aromatic carbocycles. The Hall–Kier alpha value is -2.54. The molecule has 1 aliphatic heterocycles. The summed E-state index contributed by atoms with van der Waals surface area (Å²) in [4.78, 5) is 26.5. The van der Waals surface area contributed by atoms with Crippen molar-refractivity contribution in [2.45, 2.75) is 13.5 Å². The fourth-order valence-corrected chi connectivity index (χ4v) is 4.31. The Kier molecular flexibility index (Phi) is 5.73. The third-order valence-corrected chi connectivity index (χ3v) is 6.41. The molecule has 0 radical (unpaired) electrons. The van der Waals surface area contributed by atoms with Crippen molar-refractivity contribution in [3.8, 4) is 5.69 Å². The SMILES string of the molecule is Cc1ccc(-n2cccc2/C=C2\SC(=O)N(Cc3c(F)cccc3Cl)C2=O)cc1Cl. The molecule has 2 heterocycles. The quantitative estimate of drug-likeness (QED) is 0.419. The summed E-state index contributed by atoms with van der Waals surface area (Å²) in [6, 6.07) is 13.6. The number of nitrogens with zero attached hydrogens (tertiary/aromatic N) is 2. The number of halogens is 3.